The SMILES string of the molecule is CC(C)Oc1cncc(N2CCC3(CCCCC3)C2)n1. The van der Waals surface area contributed by atoms with E-state index in [1.54, 1.807) is 6.20 Å². The molecule has 2 heterocycles. The molecule has 2 fully saturated rings. The van der Waals surface area contributed by atoms with Gasteiger partial charge in [0.1, 0.15) is 0 Å². The average Bonchev–Trinajstić information content (AvgIpc) is 2.83. The minimum absolute atomic E-state index is 0.141. The molecule has 1 aromatic rings. The van der Waals surface area contributed by atoms with Crippen molar-refractivity contribution >= 4 is 5.82 Å². The Balaban J connectivity index is 1.70. The van der Waals surface area contributed by atoms with Gasteiger partial charge in [0.15, 0.2) is 5.82 Å². The highest BCUT2D eigenvalue weighted by Crippen LogP contribution is 2.44. The highest BCUT2D eigenvalue weighted by molar-refractivity contribution is 5.39. The highest BCUT2D eigenvalue weighted by atomic mass is 16.5. The van der Waals surface area contributed by atoms with Crippen molar-refractivity contribution < 1.29 is 4.74 Å². The predicted molar refractivity (Wildman–Crippen MR) is 80.1 cm³/mol. The Bertz CT molecular complexity index is 455. The van der Waals surface area contributed by atoms with Gasteiger partial charge in [0.05, 0.1) is 18.5 Å². The van der Waals surface area contributed by atoms with Gasteiger partial charge in [-0.25, -0.2) is 0 Å². The Morgan fingerprint density at radius 1 is 1.15 bits per heavy atom. The maximum Gasteiger partial charge on any atom is 0.234 e. The van der Waals surface area contributed by atoms with Crippen LogP contribution in [0.3, 0.4) is 0 Å². The van der Waals surface area contributed by atoms with E-state index >= 15 is 0 Å². The number of rotatable bonds is 3. The molecule has 0 aromatic carbocycles. The first-order valence-corrected chi connectivity index (χ1v) is 7.91. The Labute approximate surface area is 121 Å². The molecule has 0 N–H and O–H groups in total. The van der Waals surface area contributed by atoms with Gasteiger partial charge < -0.3 is 9.64 Å². The summed E-state index contributed by atoms with van der Waals surface area (Å²) in [5.74, 6) is 1.62. The first-order valence-electron chi connectivity index (χ1n) is 7.91. The Morgan fingerprint density at radius 2 is 1.95 bits per heavy atom. The molecular weight excluding hydrogens is 250 g/mol. The number of nitrogens with zero attached hydrogens (tertiary/aromatic N) is 3. The van der Waals surface area contributed by atoms with Gasteiger partial charge in [-0.2, -0.15) is 4.98 Å². The van der Waals surface area contributed by atoms with Crippen molar-refractivity contribution in [3.63, 3.8) is 0 Å². The van der Waals surface area contributed by atoms with E-state index in [0.29, 0.717) is 11.3 Å². The van der Waals surface area contributed by atoms with E-state index in [-0.39, 0.29) is 6.10 Å². The lowest BCUT2D eigenvalue weighted by Gasteiger charge is -2.33. The van der Waals surface area contributed by atoms with E-state index in [1.165, 1.54) is 38.5 Å². The largest absolute Gasteiger partial charge is 0.474 e. The van der Waals surface area contributed by atoms with Gasteiger partial charge in [0.2, 0.25) is 5.88 Å². The first-order chi connectivity index (χ1) is 9.67. The van der Waals surface area contributed by atoms with E-state index in [1.807, 2.05) is 20.0 Å². The van der Waals surface area contributed by atoms with Gasteiger partial charge in [-0.1, -0.05) is 19.3 Å². The van der Waals surface area contributed by atoms with E-state index in [4.69, 9.17) is 4.74 Å². The Morgan fingerprint density at radius 3 is 2.70 bits per heavy atom. The fraction of sp³-hybridized carbons (Fsp3) is 0.750. The number of hydrogen-bond acceptors (Lipinski definition) is 4. The molecule has 1 spiro atoms. The molecule has 3 rings (SSSR count). The average molecular weight is 275 g/mol. The van der Waals surface area contributed by atoms with Crippen molar-refractivity contribution in [2.45, 2.75) is 58.5 Å². The lowest BCUT2D eigenvalue weighted by molar-refractivity contribution is 0.218. The third-order valence-corrected chi connectivity index (χ3v) is 4.63. The lowest BCUT2D eigenvalue weighted by atomic mass is 9.73. The van der Waals surface area contributed by atoms with Crippen LogP contribution in [0.1, 0.15) is 52.4 Å². The highest BCUT2D eigenvalue weighted by Gasteiger charge is 2.39. The third-order valence-electron chi connectivity index (χ3n) is 4.63. The Kier molecular flexibility index (Phi) is 3.81. The fourth-order valence-electron chi connectivity index (χ4n) is 3.63. The van der Waals surface area contributed by atoms with Crippen molar-refractivity contribution in [1.29, 1.82) is 0 Å². The van der Waals surface area contributed by atoms with Gasteiger partial charge in [0, 0.05) is 13.1 Å². The second kappa shape index (κ2) is 5.58. The van der Waals surface area contributed by atoms with Crippen molar-refractivity contribution in [3.05, 3.63) is 12.4 Å². The second-order valence-corrected chi connectivity index (χ2v) is 6.61. The van der Waals surface area contributed by atoms with E-state index in [0.717, 1.165) is 18.9 Å². The first kappa shape index (κ1) is 13.7. The molecule has 0 radical (unpaired) electrons. The van der Waals surface area contributed by atoms with Crippen LogP contribution in [0.4, 0.5) is 5.82 Å². The molecule has 1 saturated carbocycles. The maximum atomic E-state index is 5.65. The molecule has 1 aromatic heterocycles. The van der Waals surface area contributed by atoms with Gasteiger partial charge in [-0.05, 0) is 38.5 Å². The molecule has 4 heteroatoms. The molecule has 0 amide bonds. The number of ether oxygens (including phenoxy) is 1. The van der Waals surface area contributed by atoms with Crippen molar-refractivity contribution in [2.24, 2.45) is 5.41 Å². The molecule has 20 heavy (non-hydrogen) atoms. The lowest BCUT2D eigenvalue weighted by Crippen LogP contribution is -2.29. The maximum absolute atomic E-state index is 5.65. The van der Waals surface area contributed by atoms with E-state index < -0.39 is 0 Å². The molecule has 0 unspecified atom stereocenters. The van der Waals surface area contributed by atoms with Gasteiger partial charge >= 0.3 is 0 Å². The summed E-state index contributed by atoms with van der Waals surface area (Å²) in [4.78, 5) is 11.3. The minimum atomic E-state index is 0.141. The normalized spacial score (nSPS) is 21.6. The zero-order chi connectivity index (χ0) is 14.0. The molecule has 1 aliphatic carbocycles. The number of aromatic nitrogens is 2. The van der Waals surface area contributed by atoms with Crippen molar-refractivity contribution in [2.75, 3.05) is 18.0 Å². The van der Waals surface area contributed by atoms with E-state index in [2.05, 4.69) is 14.9 Å². The molecule has 0 atom stereocenters. The van der Waals surface area contributed by atoms with Crippen molar-refractivity contribution in [1.82, 2.24) is 9.97 Å². The van der Waals surface area contributed by atoms with Gasteiger partial charge in [-0.15, -0.1) is 0 Å². The number of anilines is 1. The molecule has 1 saturated heterocycles. The standard InChI is InChI=1S/C16H25N3O/c1-13(2)20-15-11-17-10-14(18-15)19-9-8-16(12-19)6-4-3-5-7-16/h10-11,13H,3-9,12H2,1-2H3. The summed E-state index contributed by atoms with van der Waals surface area (Å²) in [7, 11) is 0. The molecule has 110 valence electrons. The summed E-state index contributed by atoms with van der Waals surface area (Å²) in [6.07, 6.45) is 12.0. The van der Waals surface area contributed by atoms with Crippen LogP contribution in [0.5, 0.6) is 5.88 Å². The van der Waals surface area contributed by atoms with Crippen LogP contribution in [-0.4, -0.2) is 29.2 Å². The molecule has 0 bridgehead atoms. The van der Waals surface area contributed by atoms with Crippen LogP contribution in [0.15, 0.2) is 12.4 Å². The summed E-state index contributed by atoms with van der Waals surface area (Å²) in [6, 6.07) is 0. The van der Waals surface area contributed by atoms with Gasteiger partial charge in [-0.3, -0.25) is 4.98 Å². The summed E-state index contributed by atoms with van der Waals surface area (Å²) >= 11 is 0. The third kappa shape index (κ3) is 2.89. The summed E-state index contributed by atoms with van der Waals surface area (Å²) in [5, 5.41) is 0. The van der Waals surface area contributed by atoms with Crippen LogP contribution in [-0.2, 0) is 0 Å². The molecule has 1 aliphatic heterocycles. The minimum Gasteiger partial charge on any atom is -0.474 e. The molecule has 4 nitrogen and oxygen atoms in total. The fourth-order valence-corrected chi connectivity index (χ4v) is 3.63. The quantitative estimate of drug-likeness (QED) is 0.847. The topological polar surface area (TPSA) is 38.2 Å². The molecular formula is C16H25N3O. The molecule has 2 aliphatic rings. The monoisotopic (exact) mass is 275 g/mol. The van der Waals surface area contributed by atoms with Crippen molar-refractivity contribution in [3.8, 4) is 5.88 Å². The van der Waals surface area contributed by atoms with E-state index in [9.17, 15) is 0 Å². The van der Waals surface area contributed by atoms with Gasteiger partial charge in [0.25, 0.3) is 0 Å². The summed E-state index contributed by atoms with van der Waals surface area (Å²) < 4.78 is 5.65. The van der Waals surface area contributed by atoms with Crippen LogP contribution in [0.2, 0.25) is 0 Å². The zero-order valence-corrected chi connectivity index (χ0v) is 12.6. The van der Waals surface area contributed by atoms with Crippen LogP contribution in [0.25, 0.3) is 0 Å². The second-order valence-electron chi connectivity index (χ2n) is 6.61. The Hall–Kier alpha value is -1.32. The van der Waals surface area contributed by atoms with Crippen LogP contribution in [0, 0.1) is 5.41 Å². The van der Waals surface area contributed by atoms with Crippen LogP contribution >= 0.6 is 0 Å². The zero-order valence-electron chi connectivity index (χ0n) is 12.6. The predicted octanol–water partition coefficient (Wildman–Crippen LogP) is 3.42. The smallest absolute Gasteiger partial charge is 0.234 e. The van der Waals surface area contributed by atoms with Crippen LogP contribution < -0.4 is 9.64 Å². The number of hydrogen-bond donors (Lipinski definition) is 0. The summed E-state index contributed by atoms with van der Waals surface area (Å²) in [6.45, 7) is 6.29. The summed E-state index contributed by atoms with van der Waals surface area (Å²) in [5.41, 5.74) is 0.550.